The molecule has 3 heterocycles. The monoisotopic (exact) mass is 736 g/mol. The van der Waals surface area contributed by atoms with Crippen molar-refractivity contribution in [3.63, 3.8) is 0 Å². The summed E-state index contributed by atoms with van der Waals surface area (Å²) in [6, 6.07) is 42.2. The third kappa shape index (κ3) is 4.85. The number of halogens is 1. The molecule has 10 rings (SSSR count). The van der Waals surface area contributed by atoms with E-state index in [-0.39, 0.29) is 28.8 Å². The minimum atomic E-state index is -0.289. The number of anilines is 6. The number of aryl methyl sites for hydroxylation is 1. The first-order valence-corrected chi connectivity index (χ1v) is 20.4. The van der Waals surface area contributed by atoms with Crippen LogP contribution in [0.5, 0.6) is 0 Å². The largest absolute Gasteiger partial charge is 0.311 e. The van der Waals surface area contributed by atoms with E-state index in [9.17, 15) is 0 Å². The van der Waals surface area contributed by atoms with Crippen molar-refractivity contribution in [3.8, 4) is 11.1 Å². The molecule has 2 aliphatic heterocycles. The molecule has 1 aliphatic carbocycles. The fraction of sp³-hybridized carbons (Fsp3) is 0.240. The molecule has 6 aromatic carbocycles. The second-order valence-corrected chi connectivity index (χ2v) is 19.5. The first kappa shape index (κ1) is 34.4. The second kappa shape index (κ2) is 11.5. The van der Waals surface area contributed by atoms with Crippen molar-refractivity contribution in [3.05, 3.63) is 149 Å². The number of hydrogen-bond donors (Lipinski definition) is 0. The fourth-order valence-electron chi connectivity index (χ4n) is 9.85. The fourth-order valence-corrected chi connectivity index (χ4v) is 11.1. The number of nitrogens with zero attached hydrogens (tertiary/aromatic N) is 2. The van der Waals surface area contributed by atoms with Gasteiger partial charge in [0, 0.05) is 32.9 Å². The van der Waals surface area contributed by atoms with Crippen molar-refractivity contribution in [2.45, 2.75) is 78.6 Å². The third-order valence-corrected chi connectivity index (χ3v) is 13.6. The van der Waals surface area contributed by atoms with E-state index in [1.807, 2.05) is 17.4 Å². The Morgan fingerprint density at radius 1 is 0.582 bits per heavy atom. The molecule has 272 valence electrons. The van der Waals surface area contributed by atoms with E-state index in [1.54, 1.807) is 12.1 Å². The highest BCUT2D eigenvalue weighted by Crippen LogP contribution is 2.54. The van der Waals surface area contributed by atoms with Crippen LogP contribution in [0.25, 0.3) is 21.2 Å². The van der Waals surface area contributed by atoms with Gasteiger partial charge in [-0.2, -0.15) is 0 Å². The molecule has 0 N–H and O–H groups in total. The Morgan fingerprint density at radius 2 is 1.24 bits per heavy atom. The van der Waals surface area contributed by atoms with Gasteiger partial charge in [0.25, 0.3) is 6.71 Å². The maximum absolute atomic E-state index is 15.2. The maximum Gasteiger partial charge on any atom is 0.254 e. The van der Waals surface area contributed by atoms with Gasteiger partial charge in [0.1, 0.15) is 5.82 Å². The maximum atomic E-state index is 15.2. The van der Waals surface area contributed by atoms with Gasteiger partial charge < -0.3 is 9.80 Å². The van der Waals surface area contributed by atoms with Crippen LogP contribution in [0.4, 0.5) is 37.8 Å². The van der Waals surface area contributed by atoms with E-state index in [0.717, 1.165) is 16.9 Å². The molecule has 5 heteroatoms. The van der Waals surface area contributed by atoms with Crippen LogP contribution in [0.15, 0.2) is 115 Å². The van der Waals surface area contributed by atoms with Crippen molar-refractivity contribution in [2.75, 3.05) is 9.80 Å². The van der Waals surface area contributed by atoms with E-state index < -0.39 is 0 Å². The van der Waals surface area contributed by atoms with E-state index in [4.69, 9.17) is 0 Å². The van der Waals surface area contributed by atoms with E-state index in [1.165, 1.54) is 81.9 Å². The van der Waals surface area contributed by atoms with Gasteiger partial charge in [0.05, 0.1) is 10.7 Å². The van der Waals surface area contributed by atoms with Gasteiger partial charge in [-0.3, -0.25) is 0 Å². The Morgan fingerprint density at radius 3 is 2.00 bits per heavy atom. The van der Waals surface area contributed by atoms with Crippen LogP contribution in [0.1, 0.15) is 83.2 Å². The number of thiophene rings is 1. The lowest BCUT2D eigenvalue weighted by Gasteiger charge is -2.45. The predicted molar refractivity (Wildman–Crippen MR) is 236 cm³/mol. The zero-order chi connectivity index (χ0) is 38.3. The Hall–Kier alpha value is -5.13. The topological polar surface area (TPSA) is 6.48 Å². The van der Waals surface area contributed by atoms with Crippen LogP contribution in [-0.4, -0.2) is 6.71 Å². The summed E-state index contributed by atoms with van der Waals surface area (Å²) in [5.74, 6) is -0.207. The Kier molecular flexibility index (Phi) is 7.16. The van der Waals surface area contributed by atoms with Crippen LogP contribution in [0.3, 0.4) is 0 Å². The van der Waals surface area contributed by atoms with Crippen molar-refractivity contribution in [1.82, 2.24) is 0 Å². The van der Waals surface area contributed by atoms with Crippen molar-refractivity contribution >= 4 is 78.0 Å². The molecule has 55 heavy (non-hydrogen) atoms. The number of hydrogen-bond acceptors (Lipinski definition) is 3. The molecular weight excluding hydrogens is 690 g/mol. The molecule has 7 aromatic rings. The summed E-state index contributed by atoms with van der Waals surface area (Å²) in [6.07, 6.45) is 0. The smallest absolute Gasteiger partial charge is 0.254 e. The minimum absolute atomic E-state index is 0.0110. The molecule has 0 unspecified atom stereocenters. The summed E-state index contributed by atoms with van der Waals surface area (Å²) in [4.78, 5) is 5.04. The third-order valence-electron chi connectivity index (χ3n) is 12.4. The minimum Gasteiger partial charge on any atom is -0.311 e. The highest BCUT2D eigenvalue weighted by atomic mass is 32.1. The lowest BCUT2D eigenvalue weighted by Crippen LogP contribution is -2.61. The molecule has 0 saturated carbocycles. The molecule has 2 nitrogen and oxygen atoms in total. The van der Waals surface area contributed by atoms with Gasteiger partial charge in [-0.1, -0.05) is 128 Å². The normalized spacial score (nSPS) is 15.1. The van der Waals surface area contributed by atoms with Gasteiger partial charge in [0.15, 0.2) is 0 Å². The molecule has 0 saturated heterocycles. The molecule has 0 atom stereocenters. The van der Waals surface area contributed by atoms with Crippen molar-refractivity contribution < 1.29 is 4.39 Å². The van der Waals surface area contributed by atoms with E-state index >= 15 is 4.39 Å². The quantitative estimate of drug-likeness (QED) is 0.163. The Bertz CT molecular complexity index is 2760. The number of rotatable bonds is 2. The number of benzene rings is 6. The van der Waals surface area contributed by atoms with Crippen LogP contribution >= 0.6 is 11.3 Å². The molecule has 0 radical (unpaired) electrons. The first-order chi connectivity index (χ1) is 26.1. The van der Waals surface area contributed by atoms with Crippen LogP contribution < -0.4 is 26.2 Å². The Balaban J connectivity index is 1.37. The van der Waals surface area contributed by atoms with Gasteiger partial charge >= 0.3 is 0 Å². The molecule has 0 amide bonds. The van der Waals surface area contributed by atoms with Crippen molar-refractivity contribution in [2.24, 2.45) is 0 Å². The highest BCUT2D eigenvalue weighted by Gasteiger charge is 2.48. The van der Waals surface area contributed by atoms with Crippen LogP contribution in [0, 0.1) is 12.7 Å². The van der Waals surface area contributed by atoms with E-state index in [0.29, 0.717) is 0 Å². The molecular formula is C50H46BFN2S. The standard InChI is InChI=1S/C50H46BFN2S/c1-29-21-23-39(36(25-29)48(2,3)4)53-41-18-14-19-42-46(41)51(38-27-33-31-15-10-12-17-34(31)50(8,9)35(33)28-43(38)53)45-32-16-11-13-20-44(32)55-47(45)54(42)40-24-22-30(52)26-37(40)49(5,6)7/h10-28H,1-9H3. The summed E-state index contributed by atoms with van der Waals surface area (Å²) in [5, 5.41) is 2.49. The zero-order valence-electron chi connectivity index (χ0n) is 33.2. The Labute approximate surface area is 329 Å². The lowest BCUT2D eigenvalue weighted by atomic mass is 9.33. The predicted octanol–water partition coefficient (Wildman–Crippen LogP) is 12.3. The van der Waals surface area contributed by atoms with Crippen LogP contribution in [0.2, 0.25) is 0 Å². The highest BCUT2D eigenvalue weighted by molar-refractivity contribution is 7.26. The van der Waals surface area contributed by atoms with Crippen molar-refractivity contribution in [1.29, 1.82) is 0 Å². The molecule has 0 fully saturated rings. The second-order valence-electron chi connectivity index (χ2n) is 18.4. The summed E-state index contributed by atoms with van der Waals surface area (Å²) in [7, 11) is 0. The summed E-state index contributed by atoms with van der Waals surface area (Å²) < 4.78 is 16.5. The zero-order valence-corrected chi connectivity index (χ0v) is 34.0. The SMILES string of the molecule is Cc1ccc(N2c3cc4c(cc3B3c5c2cccc5N(c2ccc(F)cc2C(C)(C)C)c2sc5ccccc5c23)-c2ccccc2C4(C)C)c(C(C)(C)C)c1. The molecule has 3 aliphatic rings. The first-order valence-electron chi connectivity index (χ1n) is 19.6. The summed E-state index contributed by atoms with van der Waals surface area (Å²) in [5.41, 5.74) is 18.2. The summed E-state index contributed by atoms with van der Waals surface area (Å²) >= 11 is 1.85. The molecule has 1 aromatic heterocycles. The average molecular weight is 737 g/mol. The van der Waals surface area contributed by atoms with Gasteiger partial charge in [-0.25, -0.2) is 4.39 Å². The van der Waals surface area contributed by atoms with Gasteiger partial charge in [0.2, 0.25) is 0 Å². The van der Waals surface area contributed by atoms with E-state index in [2.05, 4.69) is 169 Å². The van der Waals surface area contributed by atoms with Gasteiger partial charge in [-0.15, -0.1) is 11.3 Å². The molecule has 0 spiro atoms. The lowest BCUT2D eigenvalue weighted by molar-refractivity contribution is 0.573. The molecule has 0 bridgehead atoms. The van der Waals surface area contributed by atoms with Gasteiger partial charge in [-0.05, 0) is 121 Å². The van der Waals surface area contributed by atoms with Crippen LogP contribution in [-0.2, 0) is 16.2 Å². The number of fused-ring (bicyclic) bond motifs is 9. The average Bonchev–Trinajstić information content (AvgIpc) is 3.63. The summed E-state index contributed by atoms with van der Waals surface area (Å²) in [6.45, 7) is 20.5.